The normalized spacial score (nSPS) is 17.3. The van der Waals surface area contributed by atoms with E-state index in [2.05, 4.69) is 23.9 Å². The van der Waals surface area contributed by atoms with Gasteiger partial charge < -0.3 is 4.90 Å². The minimum absolute atomic E-state index is 0.0603. The van der Waals surface area contributed by atoms with Crippen molar-refractivity contribution in [3.63, 3.8) is 0 Å². The lowest BCUT2D eigenvalue weighted by molar-refractivity contribution is 0.0705. The first-order valence-electron chi connectivity index (χ1n) is 9.57. The number of hydrogen-bond donors (Lipinski definition) is 0. The highest BCUT2D eigenvalue weighted by Crippen LogP contribution is 2.31. The number of thiazole rings is 1. The fraction of sp³-hybridized carbons (Fsp3) is 0.381. The molecule has 1 aliphatic rings. The quantitative estimate of drug-likeness (QED) is 0.594. The van der Waals surface area contributed by atoms with Crippen LogP contribution >= 0.6 is 22.9 Å². The molecule has 1 unspecified atom stereocenters. The van der Waals surface area contributed by atoms with Crippen LogP contribution < -0.4 is 0 Å². The highest BCUT2D eigenvalue weighted by atomic mass is 35.5. The second kappa shape index (κ2) is 8.05. The number of rotatable bonds is 4. The number of halogens is 1. The molecule has 28 heavy (non-hydrogen) atoms. The molecule has 0 bridgehead atoms. The summed E-state index contributed by atoms with van der Waals surface area (Å²) in [6.45, 7) is 5.68. The molecule has 1 aliphatic heterocycles. The molecule has 4 rings (SSSR count). The van der Waals surface area contributed by atoms with Gasteiger partial charge in [-0.05, 0) is 43.0 Å². The first-order valence-corrected chi connectivity index (χ1v) is 10.8. The van der Waals surface area contributed by atoms with Crippen LogP contribution in [0.4, 0.5) is 0 Å². The zero-order chi connectivity index (χ0) is 19.7. The molecule has 0 aliphatic carbocycles. The van der Waals surface area contributed by atoms with Crippen molar-refractivity contribution >= 4 is 28.8 Å². The summed E-state index contributed by atoms with van der Waals surface area (Å²) in [6, 6.07) is 7.53. The van der Waals surface area contributed by atoms with Gasteiger partial charge in [-0.2, -0.15) is 5.10 Å². The summed E-state index contributed by atoms with van der Waals surface area (Å²) in [4.78, 5) is 19.8. The molecule has 1 aromatic carbocycles. The smallest absolute Gasteiger partial charge is 0.257 e. The monoisotopic (exact) mass is 414 g/mol. The summed E-state index contributed by atoms with van der Waals surface area (Å²) in [5.74, 6) is 0.549. The van der Waals surface area contributed by atoms with Crippen molar-refractivity contribution in [1.82, 2.24) is 19.7 Å². The number of aromatic nitrogens is 3. The van der Waals surface area contributed by atoms with Gasteiger partial charge in [0.05, 0.1) is 28.1 Å². The van der Waals surface area contributed by atoms with Gasteiger partial charge in [-0.15, -0.1) is 11.3 Å². The molecule has 1 atom stereocenters. The maximum Gasteiger partial charge on any atom is 0.257 e. The van der Waals surface area contributed by atoms with E-state index in [1.54, 1.807) is 17.5 Å². The largest absolute Gasteiger partial charge is 0.338 e. The average molecular weight is 415 g/mol. The fourth-order valence-electron chi connectivity index (χ4n) is 3.84. The van der Waals surface area contributed by atoms with Crippen molar-refractivity contribution < 1.29 is 4.79 Å². The van der Waals surface area contributed by atoms with Gasteiger partial charge in [-0.25, -0.2) is 9.67 Å². The fourth-order valence-corrected chi connectivity index (χ4v) is 4.73. The first-order chi connectivity index (χ1) is 13.5. The highest BCUT2D eigenvalue weighted by molar-refractivity contribution is 7.09. The molecule has 2 aromatic heterocycles. The summed E-state index contributed by atoms with van der Waals surface area (Å²) in [6.07, 6.45) is 5.63. The zero-order valence-corrected chi connectivity index (χ0v) is 17.6. The van der Waals surface area contributed by atoms with E-state index in [4.69, 9.17) is 11.6 Å². The lowest BCUT2D eigenvalue weighted by Gasteiger charge is -2.32. The third-order valence-corrected chi connectivity index (χ3v) is 6.35. The number of amides is 1. The molecule has 3 aromatic rings. The lowest BCUT2D eigenvalue weighted by atomic mass is 9.97. The van der Waals surface area contributed by atoms with E-state index < -0.39 is 0 Å². The van der Waals surface area contributed by atoms with Crippen LogP contribution in [0.25, 0.3) is 5.69 Å². The van der Waals surface area contributed by atoms with Crippen LogP contribution in [-0.2, 0) is 0 Å². The third-order valence-electron chi connectivity index (χ3n) is 5.16. The van der Waals surface area contributed by atoms with Crippen LogP contribution in [0, 0.1) is 0 Å². The Morgan fingerprint density at radius 2 is 2.07 bits per heavy atom. The van der Waals surface area contributed by atoms with Crippen LogP contribution in [0.5, 0.6) is 0 Å². The van der Waals surface area contributed by atoms with Crippen molar-refractivity contribution in [2.75, 3.05) is 13.1 Å². The Morgan fingerprint density at radius 3 is 2.75 bits per heavy atom. The number of likely N-dealkylation sites (tertiary alicyclic amines) is 1. The Hall–Kier alpha value is -2.18. The summed E-state index contributed by atoms with van der Waals surface area (Å²) in [7, 11) is 0. The van der Waals surface area contributed by atoms with Gasteiger partial charge in [0.15, 0.2) is 0 Å². The second-order valence-corrected chi connectivity index (χ2v) is 8.81. The summed E-state index contributed by atoms with van der Waals surface area (Å²) >= 11 is 7.69. The van der Waals surface area contributed by atoms with E-state index in [1.807, 2.05) is 45.4 Å². The molecule has 5 nitrogen and oxygen atoms in total. The predicted molar refractivity (Wildman–Crippen MR) is 113 cm³/mol. The SMILES string of the molecule is CC(C)c1c(C(=O)N2CCCC(c3nccs3)C2)cnn1-c1ccc(Cl)cc1. The Balaban J connectivity index is 1.63. The third kappa shape index (κ3) is 3.71. The maximum absolute atomic E-state index is 13.4. The van der Waals surface area contributed by atoms with Crippen molar-refractivity contribution in [3.05, 3.63) is 63.3 Å². The molecular formula is C21H23ClN4OS. The number of piperidine rings is 1. The molecule has 0 spiro atoms. The number of carbonyl (C=O) groups excluding carboxylic acids is 1. The van der Waals surface area contributed by atoms with Gasteiger partial charge >= 0.3 is 0 Å². The van der Waals surface area contributed by atoms with Crippen LogP contribution in [0.3, 0.4) is 0 Å². The lowest BCUT2D eigenvalue weighted by Crippen LogP contribution is -2.39. The molecule has 1 fully saturated rings. The maximum atomic E-state index is 13.4. The van der Waals surface area contributed by atoms with Crippen LogP contribution in [-0.4, -0.2) is 38.7 Å². The minimum atomic E-state index is 0.0603. The molecule has 1 amide bonds. The van der Waals surface area contributed by atoms with E-state index in [1.165, 1.54) is 0 Å². The van der Waals surface area contributed by atoms with Gasteiger partial charge in [0.25, 0.3) is 5.91 Å². The topological polar surface area (TPSA) is 51.0 Å². The molecule has 0 N–H and O–H groups in total. The van der Waals surface area contributed by atoms with E-state index in [0.29, 0.717) is 16.5 Å². The molecular weight excluding hydrogens is 392 g/mol. The Morgan fingerprint density at radius 1 is 1.29 bits per heavy atom. The van der Waals surface area contributed by atoms with Crippen molar-refractivity contribution in [3.8, 4) is 5.69 Å². The molecule has 7 heteroatoms. The average Bonchev–Trinajstić information content (AvgIpc) is 3.38. The first kappa shape index (κ1) is 19.2. The highest BCUT2D eigenvalue weighted by Gasteiger charge is 2.30. The van der Waals surface area contributed by atoms with Gasteiger partial charge in [0, 0.05) is 35.6 Å². The van der Waals surface area contributed by atoms with E-state index >= 15 is 0 Å². The molecule has 0 radical (unpaired) electrons. The summed E-state index contributed by atoms with van der Waals surface area (Å²) in [5.41, 5.74) is 2.53. The number of nitrogens with zero attached hydrogens (tertiary/aromatic N) is 4. The van der Waals surface area contributed by atoms with Crippen LogP contribution in [0.2, 0.25) is 5.02 Å². The van der Waals surface area contributed by atoms with Gasteiger partial charge in [-0.3, -0.25) is 4.79 Å². The van der Waals surface area contributed by atoms with Crippen molar-refractivity contribution in [2.24, 2.45) is 0 Å². The molecule has 146 valence electrons. The number of hydrogen-bond acceptors (Lipinski definition) is 4. The molecule has 1 saturated heterocycles. The van der Waals surface area contributed by atoms with E-state index in [0.717, 1.165) is 42.3 Å². The Kier molecular flexibility index (Phi) is 5.51. The number of carbonyl (C=O) groups is 1. The van der Waals surface area contributed by atoms with Gasteiger partial charge in [0.2, 0.25) is 0 Å². The minimum Gasteiger partial charge on any atom is -0.338 e. The van der Waals surface area contributed by atoms with Crippen molar-refractivity contribution in [2.45, 2.75) is 38.5 Å². The summed E-state index contributed by atoms with van der Waals surface area (Å²) in [5, 5.41) is 8.35. The Labute approximate surface area is 174 Å². The molecule has 3 heterocycles. The molecule has 0 saturated carbocycles. The van der Waals surface area contributed by atoms with Crippen molar-refractivity contribution in [1.29, 1.82) is 0 Å². The van der Waals surface area contributed by atoms with Gasteiger partial charge in [-0.1, -0.05) is 25.4 Å². The second-order valence-electron chi connectivity index (χ2n) is 7.45. The van der Waals surface area contributed by atoms with Gasteiger partial charge in [0.1, 0.15) is 0 Å². The van der Waals surface area contributed by atoms with Crippen LogP contribution in [0.15, 0.2) is 42.0 Å². The number of benzene rings is 1. The standard InChI is InChI=1S/C21H23ClN4OS/c1-14(2)19-18(12-24-26(19)17-7-5-16(22)6-8-17)21(27)25-10-3-4-15(13-25)20-23-9-11-28-20/h5-9,11-12,14-15H,3-4,10,13H2,1-2H3. The van der Waals surface area contributed by atoms with Crippen LogP contribution in [0.1, 0.15) is 59.6 Å². The zero-order valence-electron chi connectivity index (χ0n) is 16.0. The van der Waals surface area contributed by atoms with E-state index in [9.17, 15) is 4.79 Å². The predicted octanol–water partition coefficient (Wildman–Crippen LogP) is 5.13. The Bertz CT molecular complexity index is 949. The van der Waals surface area contributed by atoms with E-state index in [-0.39, 0.29) is 11.8 Å². The summed E-state index contributed by atoms with van der Waals surface area (Å²) < 4.78 is 1.86.